The topological polar surface area (TPSA) is 54.5 Å². The van der Waals surface area contributed by atoms with E-state index in [2.05, 4.69) is 15.2 Å². The molecule has 1 saturated heterocycles. The van der Waals surface area contributed by atoms with Gasteiger partial charge in [-0.05, 0) is 29.8 Å². The third-order valence-corrected chi connectivity index (χ3v) is 3.92. The molecule has 6 heteroatoms. The van der Waals surface area contributed by atoms with E-state index in [-0.39, 0.29) is 5.91 Å². The number of carbonyl (C=O) groups is 1. The summed E-state index contributed by atoms with van der Waals surface area (Å²) in [5.41, 5.74) is 1.51. The highest BCUT2D eigenvalue weighted by Crippen LogP contribution is 2.13. The normalized spacial score (nSPS) is 14.6. The molecule has 1 aromatic carbocycles. The molecule has 0 saturated carbocycles. The van der Waals surface area contributed by atoms with Gasteiger partial charge in [0.1, 0.15) is 5.82 Å². The minimum atomic E-state index is -0.148. The van der Waals surface area contributed by atoms with E-state index in [1.165, 1.54) is 0 Å². The van der Waals surface area contributed by atoms with Crippen LogP contribution in [0.1, 0.15) is 15.9 Å². The third kappa shape index (κ3) is 4.21. The fraction of sp³-hybridized carbons (Fsp3) is 0.294. The Kier molecular flexibility index (Phi) is 5.10. The zero-order valence-corrected chi connectivity index (χ0v) is 13.4. The Morgan fingerprint density at radius 2 is 2.09 bits per heavy atom. The fourth-order valence-electron chi connectivity index (χ4n) is 2.41. The van der Waals surface area contributed by atoms with Gasteiger partial charge in [-0.2, -0.15) is 0 Å². The van der Waals surface area contributed by atoms with E-state index in [1.54, 1.807) is 30.5 Å². The quantitative estimate of drug-likeness (QED) is 0.935. The van der Waals surface area contributed by atoms with Crippen LogP contribution < -0.4 is 10.2 Å². The number of morpholine rings is 1. The molecule has 0 radical (unpaired) electrons. The minimum Gasteiger partial charge on any atom is -0.378 e. The van der Waals surface area contributed by atoms with Gasteiger partial charge in [0.25, 0.3) is 5.91 Å². The number of amides is 1. The summed E-state index contributed by atoms with van der Waals surface area (Å²) in [6, 6.07) is 10.8. The van der Waals surface area contributed by atoms with E-state index in [4.69, 9.17) is 16.3 Å². The molecule has 0 spiro atoms. The summed E-state index contributed by atoms with van der Waals surface area (Å²) >= 11 is 5.89. The minimum absolute atomic E-state index is 0.148. The number of nitrogens with one attached hydrogen (secondary N) is 1. The van der Waals surface area contributed by atoms with Crippen LogP contribution in [0, 0.1) is 0 Å². The summed E-state index contributed by atoms with van der Waals surface area (Å²) in [7, 11) is 0. The molecule has 1 aromatic heterocycles. The number of ether oxygens (including phenoxy) is 1. The summed E-state index contributed by atoms with van der Waals surface area (Å²) in [5.74, 6) is 0.794. The molecular weight excluding hydrogens is 314 g/mol. The molecule has 0 atom stereocenters. The second kappa shape index (κ2) is 7.44. The number of rotatable bonds is 4. The Balaban J connectivity index is 1.57. The first kappa shape index (κ1) is 15.8. The van der Waals surface area contributed by atoms with E-state index in [9.17, 15) is 4.79 Å². The highest BCUT2D eigenvalue weighted by Gasteiger charge is 2.12. The fourth-order valence-corrected chi connectivity index (χ4v) is 2.61. The average Bonchev–Trinajstić information content (AvgIpc) is 2.61. The van der Waals surface area contributed by atoms with Crippen molar-refractivity contribution in [1.82, 2.24) is 10.3 Å². The molecular formula is C17H18ClN3O2. The van der Waals surface area contributed by atoms with Crippen LogP contribution in [0.5, 0.6) is 0 Å². The summed E-state index contributed by atoms with van der Waals surface area (Å²) in [6.45, 7) is 3.62. The lowest BCUT2D eigenvalue weighted by Crippen LogP contribution is -2.36. The SMILES string of the molecule is O=C(NCc1ccc(N2CCOCC2)nc1)c1cccc(Cl)c1. The van der Waals surface area contributed by atoms with Gasteiger partial charge in [-0.3, -0.25) is 4.79 Å². The van der Waals surface area contributed by atoms with Crippen LogP contribution in [-0.4, -0.2) is 37.2 Å². The number of nitrogens with zero attached hydrogens (tertiary/aromatic N) is 2. The van der Waals surface area contributed by atoms with E-state index >= 15 is 0 Å². The first-order valence-electron chi connectivity index (χ1n) is 7.54. The predicted molar refractivity (Wildman–Crippen MR) is 89.9 cm³/mol. The van der Waals surface area contributed by atoms with Crippen LogP contribution in [0.2, 0.25) is 5.02 Å². The van der Waals surface area contributed by atoms with Crippen LogP contribution in [0.4, 0.5) is 5.82 Å². The molecule has 23 heavy (non-hydrogen) atoms. The molecule has 1 amide bonds. The van der Waals surface area contributed by atoms with Crippen molar-refractivity contribution < 1.29 is 9.53 Å². The van der Waals surface area contributed by atoms with Gasteiger partial charge in [0.2, 0.25) is 0 Å². The van der Waals surface area contributed by atoms with Crippen molar-refractivity contribution in [2.75, 3.05) is 31.2 Å². The molecule has 1 N–H and O–H groups in total. The Hall–Kier alpha value is -2.11. The van der Waals surface area contributed by atoms with Gasteiger partial charge < -0.3 is 15.0 Å². The second-order valence-corrected chi connectivity index (χ2v) is 5.75. The van der Waals surface area contributed by atoms with Gasteiger partial charge in [-0.15, -0.1) is 0 Å². The first-order valence-corrected chi connectivity index (χ1v) is 7.91. The Morgan fingerprint density at radius 1 is 1.26 bits per heavy atom. The Bertz CT molecular complexity index is 670. The molecule has 3 rings (SSSR count). The van der Waals surface area contributed by atoms with E-state index in [0.29, 0.717) is 17.1 Å². The van der Waals surface area contributed by atoms with Gasteiger partial charge >= 0.3 is 0 Å². The lowest BCUT2D eigenvalue weighted by atomic mass is 10.2. The van der Waals surface area contributed by atoms with Gasteiger partial charge in [0, 0.05) is 36.4 Å². The standard InChI is InChI=1S/C17H18ClN3O2/c18-15-3-1-2-14(10-15)17(22)20-12-13-4-5-16(19-11-13)21-6-8-23-9-7-21/h1-5,10-11H,6-9,12H2,(H,20,22). The second-order valence-electron chi connectivity index (χ2n) is 5.32. The Morgan fingerprint density at radius 3 is 2.78 bits per heavy atom. The first-order chi connectivity index (χ1) is 11.2. The molecule has 1 aliphatic heterocycles. The Labute approximate surface area is 140 Å². The predicted octanol–water partition coefficient (Wildman–Crippen LogP) is 2.50. The van der Waals surface area contributed by atoms with Crippen molar-refractivity contribution in [1.29, 1.82) is 0 Å². The van der Waals surface area contributed by atoms with Crippen LogP contribution >= 0.6 is 11.6 Å². The maximum atomic E-state index is 12.1. The van der Waals surface area contributed by atoms with Crippen LogP contribution in [0.15, 0.2) is 42.6 Å². The molecule has 2 heterocycles. The molecule has 5 nitrogen and oxygen atoms in total. The van der Waals surface area contributed by atoms with E-state index < -0.39 is 0 Å². The van der Waals surface area contributed by atoms with Gasteiger partial charge in [-0.25, -0.2) is 4.98 Å². The summed E-state index contributed by atoms with van der Waals surface area (Å²) in [4.78, 5) is 18.7. The maximum Gasteiger partial charge on any atom is 0.251 e. The van der Waals surface area contributed by atoms with Gasteiger partial charge in [-0.1, -0.05) is 23.7 Å². The van der Waals surface area contributed by atoms with Crippen LogP contribution in [-0.2, 0) is 11.3 Å². The molecule has 2 aromatic rings. The van der Waals surface area contributed by atoms with Crippen LogP contribution in [0.25, 0.3) is 0 Å². The van der Waals surface area contributed by atoms with Gasteiger partial charge in [0.15, 0.2) is 0 Å². The van der Waals surface area contributed by atoms with Gasteiger partial charge in [0.05, 0.1) is 13.2 Å². The molecule has 0 bridgehead atoms. The number of pyridine rings is 1. The maximum absolute atomic E-state index is 12.1. The smallest absolute Gasteiger partial charge is 0.251 e. The van der Waals surface area contributed by atoms with E-state index in [0.717, 1.165) is 37.7 Å². The number of halogens is 1. The van der Waals surface area contributed by atoms with Crippen molar-refractivity contribution in [3.8, 4) is 0 Å². The van der Waals surface area contributed by atoms with Crippen molar-refractivity contribution in [2.45, 2.75) is 6.54 Å². The number of hydrogen-bond acceptors (Lipinski definition) is 4. The van der Waals surface area contributed by atoms with Crippen molar-refractivity contribution in [3.63, 3.8) is 0 Å². The molecule has 1 fully saturated rings. The summed E-state index contributed by atoms with van der Waals surface area (Å²) in [5, 5.41) is 3.42. The summed E-state index contributed by atoms with van der Waals surface area (Å²) < 4.78 is 5.33. The van der Waals surface area contributed by atoms with Crippen molar-refractivity contribution in [3.05, 3.63) is 58.7 Å². The molecule has 120 valence electrons. The largest absolute Gasteiger partial charge is 0.378 e. The number of anilines is 1. The zero-order valence-electron chi connectivity index (χ0n) is 12.7. The lowest BCUT2D eigenvalue weighted by molar-refractivity contribution is 0.0951. The highest BCUT2D eigenvalue weighted by molar-refractivity contribution is 6.30. The monoisotopic (exact) mass is 331 g/mol. The number of carbonyl (C=O) groups excluding carboxylic acids is 1. The van der Waals surface area contributed by atoms with Crippen molar-refractivity contribution >= 4 is 23.3 Å². The van der Waals surface area contributed by atoms with Crippen LogP contribution in [0.3, 0.4) is 0 Å². The number of hydrogen-bond donors (Lipinski definition) is 1. The average molecular weight is 332 g/mol. The molecule has 0 aliphatic carbocycles. The number of benzene rings is 1. The number of aromatic nitrogens is 1. The molecule has 1 aliphatic rings. The molecule has 0 unspecified atom stereocenters. The highest BCUT2D eigenvalue weighted by atomic mass is 35.5. The summed E-state index contributed by atoms with van der Waals surface area (Å²) in [6.07, 6.45) is 1.79. The van der Waals surface area contributed by atoms with Crippen molar-refractivity contribution in [2.24, 2.45) is 0 Å². The zero-order chi connectivity index (χ0) is 16.1. The lowest BCUT2D eigenvalue weighted by Gasteiger charge is -2.27. The van der Waals surface area contributed by atoms with E-state index in [1.807, 2.05) is 12.1 Å². The third-order valence-electron chi connectivity index (χ3n) is 3.68.